The number of hydrogen-bond donors (Lipinski definition) is 3. The van der Waals surface area contributed by atoms with Crippen LogP contribution in [0.1, 0.15) is 232 Å². The summed E-state index contributed by atoms with van der Waals surface area (Å²) in [6.45, 7) is 4.16. The average Bonchev–Trinajstić information content (AvgIpc) is 3.23. The van der Waals surface area contributed by atoms with Crippen molar-refractivity contribution in [3.05, 3.63) is 85.1 Å². The molecule has 0 aromatic heterocycles. The number of allylic oxidation sites excluding steroid dienone is 13. The first-order valence-electron chi connectivity index (χ1n) is 24.8. The molecular weight excluding hydrogens is 711 g/mol. The molecule has 0 rings (SSSR count). The number of aliphatic hydroxyl groups is 2. The molecule has 0 aromatic carbocycles. The largest absolute Gasteiger partial charge is 0.394 e. The summed E-state index contributed by atoms with van der Waals surface area (Å²) in [5.41, 5.74) is 0. The van der Waals surface area contributed by atoms with Gasteiger partial charge in [-0.05, 0) is 83.5 Å². The Kier molecular flexibility index (Phi) is 46.9. The lowest BCUT2D eigenvalue weighted by Crippen LogP contribution is -2.45. The van der Waals surface area contributed by atoms with E-state index in [0.29, 0.717) is 6.42 Å². The number of aliphatic hydroxyl groups excluding tert-OH is 2. The summed E-state index contributed by atoms with van der Waals surface area (Å²) in [5, 5.41) is 23.0. The van der Waals surface area contributed by atoms with Crippen LogP contribution in [0.5, 0.6) is 0 Å². The van der Waals surface area contributed by atoms with Gasteiger partial charge in [-0.2, -0.15) is 0 Å². The number of hydrogen-bond acceptors (Lipinski definition) is 3. The van der Waals surface area contributed by atoms with Crippen molar-refractivity contribution in [1.29, 1.82) is 0 Å². The first-order valence-corrected chi connectivity index (χ1v) is 24.8. The zero-order valence-corrected chi connectivity index (χ0v) is 38.3. The van der Waals surface area contributed by atoms with Crippen LogP contribution in [0, 0.1) is 0 Å². The molecule has 1 amide bonds. The van der Waals surface area contributed by atoms with Crippen molar-refractivity contribution >= 4 is 5.91 Å². The van der Waals surface area contributed by atoms with Crippen LogP contribution in [-0.2, 0) is 4.79 Å². The van der Waals surface area contributed by atoms with E-state index in [1.54, 1.807) is 6.08 Å². The molecule has 0 radical (unpaired) electrons. The van der Waals surface area contributed by atoms with Gasteiger partial charge in [0, 0.05) is 6.42 Å². The Hall–Kier alpha value is -2.43. The molecule has 2 unspecified atom stereocenters. The van der Waals surface area contributed by atoms with Crippen molar-refractivity contribution < 1.29 is 15.0 Å². The molecule has 0 aromatic rings. The molecule has 58 heavy (non-hydrogen) atoms. The molecule has 0 heterocycles. The maximum absolute atomic E-state index is 12.4. The summed E-state index contributed by atoms with van der Waals surface area (Å²) in [6.07, 6.45) is 71.6. The third-order valence-corrected chi connectivity index (χ3v) is 10.8. The smallest absolute Gasteiger partial charge is 0.220 e. The fourth-order valence-electron chi connectivity index (χ4n) is 7.08. The highest BCUT2D eigenvalue weighted by atomic mass is 16.3. The second-order valence-electron chi connectivity index (χ2n) is 16.5. The quantitative estimate of drug-likeness (QED) is 0.0424. The van der Waals surface area contributed by atoms with Gasteiger partial charge in [0.15, 0.2) is 0 Å². The number of amides is 1. The van der Waals surface area contributed by atoms with Crippen LogP contribution in [0.25, 0.3) is 0 Å². The minimum atomic E-state index is -0.892. The highest BCUT2D eigenvalue weighted by molar-refractivity contribution is 5.76. The monoisotopic (exact) mass is 806 g/mol. The van der Waals surface area contributed by atoms with Gasteiger partial charge in [-0.25, -0.2) is 0 Å². The number of unbranched alkanes of at least 4 members (excludes halogenated alkanes) is 25. The SMILES string of the molecule is CC/C=C\C/C=C\C/C=C\C/C=C\CCCCC(=O)NC(CO)C(O)/C=C/CC/C=C/CC/C=C/CCCCCCCCCCCCCCCCCCCCCCC. The van der Waals surface area contributed by atoms with E-state index in [9.17, 15) is 15.0 Å². The lowest BCUT2D eigenvalue weighted by molar-refractivity contribution is -0.123. The number of carbonyl (C=O) groups excluding carboxylic acids is 1. The molecule has 0 bridgehead atoms. The Morgan fingerprint density at radius 2 is 0.776 bits per heavy atom. The van der Waals surface area contributed by atoms with Gasteiger partial charge in [0.25, 0.3) is 0 Å². The molecule has 3 N–H and O–H groups in total. The third kappa shape index (κ3) is 44.7. The van der Waals surface area contributed by atoms with E-state index in [4.69, 9.17) is 0 Å². The lowest BCUT2D eigenvalue weighted by atomic mass is 10.0. The summed E-state index contributed by atoms with van der Waals surface area (Å²) in [5.74, 6) is -0.121. The molecule has 0 spiro atoms. The molecule has 4 heteroatoms. The van der Waals surface area contributed by atoms with E-state index < -0.39 is 12.1 Å². The van der Waals surface area contributed by atoms with Gasteiger partial charge in [-0.1, -0.05) is 227 Å². The molecule has 4 nitrogen and oxygen atoms in total. The first-order chi connectivity index (χ1) is 28.7. The van der Waals surface area contributed by atoms with Gasteiger partial charge in [0.05, 0.1) is 18.8 Å². The van der Waals surface area contributed by atoms with Crippen LogP contribution in [0.4, 0.5) is 0 Å². The normalized spacial score (nSPS) is 13.7. The topological polar surface area (TPSA) is 69.6 Å². The van der Waals surface area contributed by atoms with Crippen molar-refractivity contribution in [3.8, 4) is 0 Å². The van der Waals surface area contributed by atoms with Crippen LogP contribution >= 0.6 is 0 Å². The van der Waals surface area contributed by atoms with Crippen molar-refractivity contribution in [2.24, 2.45) is 0 Å². The Labute approximate surface area is 361 Å². The van der Waals surface area contributed by atoms with Crippen molar-refractivity contribution in [3.63, 3.8) is 0 Å². The molecule has 334 valence electrons. The van der Waals surface area contributed by atoms with Gasteiger partial charge in [0.1, 0.15) is 0 Å². The van der Waals surface area contributed by atoms with Gasteiger partial charge < -0.3 is 15.5 Å². The summed E-state index contributed by atoms with van der Waals surface area (Å²) >= 11 is 0. The van der Waals surface area contributed by atoms with E-state index in [2.05, 4.69) is 92.1 Å². The minimum absolute atomic E-state index is 0.121. The molecule has 2 atom stereocenters. The van der Waals surface area contributed by atoms with E-state index in [1.165, 1.54) is 141 Å². The molecular formula is C54H95NO3. The standard InChI is InChI=1S/C54H95NO3/c1-3-5-7-9-11-13-15-17-19-20-21-22-23-24-25-26-27-28-29-30-31-32-33-34-36-37-39-41-43-45-47-49-53(57)52(51-56)55-54(58)50-48-46-44-42-40-38-35-18-16-14-12-10-8-6-4-2/h6,8,12,14,18,33-35,39-42,47,49,52-53,56-57H,3-5,7,9-11,13,15-17,19-32,36-38,43-46,48,50-51H2,1-2H3,(H,55,58)/b8-6-,14-12-,34-33+,35-18-,41-39+,42-40-,49-47+. The van der Waals surface area contributed by atoms with Crippen LogP contribution in [-0.4, -0.2) is 34.9 Å². The first kappa shape index (κ1) is 55.6. The Balaban J connectivity index is 3.61. The predicted octanol–water partition coefficient (Wildman–Crippen LogP) is 16.0. The molecule has 0 fully saturated rings. The molecule has 0 aliphatic rings. The maximum atomic E-state index is 12.4. The summed E-state index contributed by atoms with van der Waals surface area (Å²) < 4.78 is 0. The van der Waals surface area contributed by atoms with Crippen molar-refractivity contribution in [2.45, 2.75) is 244 Å². The zero-order chi connectivity index (χ0) is 42.1. The average molecular weight is 806 g/mol. The Bertz CT molecular complexity index is 1050. The zero-order valence-electron chi connectivity index (χ0n) is 38.3. The Morgan fingerprint density at radius 1 is 0.431 bits per heavy atom. The van der Waals surface area contributed by atoms with Crippen LogP contribution in [0.15, 0.2) is 85.1 Å². The van der Waals surface area contributed by atoms with Crippen molar-refractivity contribution in [2.75, 3.05) is 6.61 Å². The number of rotatable bonds is 44. The van der Waals surface area contributed by atoms with E-state index in [-0.39, 0.29) is 12.5 Å². The number of carbonyl (C=O) groups is 1. The van der Waals surface area contributed by atoms with Crippen LogP contribution in [0.3, 0.4) is 0 Å². The van der Waals surface area contributed by atoms with Crippen LogP contribution in [0.2, 0.25) is 0 Å². The highest BCUT2D eigenvalue weighted by Gasteiger charge is 2.17. The lowest BCUT2D eigenvalue weighted by Gasteiger charge is -2.19. The minimum Gasteiger partial charge on any atom is -0.394 e. The van der Waals surface area contributed by atoms with Gasteiger partial charge in [-0.15, -0.1) is 0 Å². The van der Waals surface area contributed by atoms with E-state index in [0.717, 1.165) is 70.6 Å². The fraction of sp³-hybridized carbons (Fsp3) is 0.722. The fourth-order valence-corrected chi connectivity index (χ4v) is 7.08. The van der Waals surface area contributed by atoms with Gasteiger partial charge in [0.2, 0.25) is 5.91 Å². The second kappa shape index (κ2) is 48.9. The van der Waals surface area contributed by atoms with E-state index in [1.807, 2.05) is 6.08 Å². The van der Waals surface area contributed by atoms with E-state index >= 15 is 0 Å². The predicted molar refractivity (Wildman–Crippen MR) is 257 cm³/mol. The summed E-state index contributed by atoms with van der Waals surface area (Å²) in [6, 6.07) is -0.672. The Morgan fingerprint density at radius 3 is 1.21 bits per heavy atom. The summed E-state index contributed by atoms with van der Waals surface area (Å²) in [4.78, 5) is 12.4. The van der Waals surface area contributed by atoms with Crippen LogP contribution < -0.4 is 5.32 Å². The highest BCUT2D eigenvalue weighted by Crippen LogP contribution is 2.15. The molecule has 0 saturated carbocycles. The maximum Gasteiger partial charge on any atom is 0.220 e. The third-order valence-electron chi connectivity index (χ3n) is 10.8. The molecule has 0 aliphatic carbocycles. The van der Waals surface area contributed by atoms with Crippen molar-refractivity contribution in [1.82, 2.24) is 5.32 Å². The summed E-state index contributed by atoms with van der Waals surface area (Å²) in [7, 11) is 0. The molecule has 0 aliphatic heterocycles. The number of nitrogens with one attached hydrogen (secondary N) is 1. The second-order valence-corrected chi connectivity index (χ2v) is 16.5. The van der Waals surface area contributed by atoms with Gasteiger partial charge in [-0.3, -0.25) is 4.79 Å². The molecule has 0 saturated heterocycles. The van der Waals surface area contributed by atoms with Gasteiger partial charge >= 0.3 is 0 Å².